The van der Waals surface area contributed by atoms with E-state index >= 15 is 0 Å². The minimum absolute atomic E-state index is 0.0278. The second-order valence-electron chi connectivity index (χ2n) is 8.25. The quantitative estimate of drug-likeness (QED) is 0.310. The number of hydrogen-bond donors (Lipinski definition) is 0. The molecule has 3 aromatic carbocycles. The molecule has 2 heterocycles. The average molecular weight is 524 g/mol. The van der Waals surface area contributed by atoms with Crippen molar-refractivity contribution in [2.75, 3.05) is 14.2 Å². The first-order valence-corrected chi connectivity index (χ1v) is 11.5. The van der Waals surface area contributed by atoms with Crippen molar-refractivity contribution in [3.05, 3.63) is 91.9 Å². The summed E-state index contributed by atoms with van der Waals surface area (Å²) in [5.41, 5.74) is 2.67. The van der Waals surface area contributed by atoms with E-state index in [9.17, 15) is 10.1 Å². The molecular formula is C25H22BrN3O5. The van der Waals surface area contributed by atoms with E-state index in [1.807, 2.05) is 42.3 Å². The number of nitro groups is 1. The van der Waals surface area contributed by atoms with Gasteiger partial charge in [0.25, 0.3) is 5.69 Å². The minimum Gasteiger partial charge on any atom is -0.493 e. The number of rotatable bonds is 5. The van der Waals surface area contributed by atoms with Gasteiger partial charge in [-0.15, -0.1) is 0 Å². The van der Waals surface area contributed by atoms with Gasteiger partial charge in [0.1, 0.15) is 5.75 Å². The molecule has 0 saturated heterocycles. The number of methoxy groups -OCH3 is 2. The predicted molar refractivity (Wildman–Crippen MR) is 130 cm³/mol. The Balaban J connectivity index is 1.62. The van der Waals surface area contributed by atoms with Gasteiger partial charge >= 0.3 is 0 Å². The fourth-order valence-electron chi connectivity index (χ4n) is 4.55. The standard InChI is InChI=1S/C25H22BrN3O5/c1-25(16-5-8-18(9-6-16)29(30)31)28-21(19-13-17(26)7-11-22(19)34-25)14-20(27-28)15-4-10-23(32-2)24(12-15)33-3/h4-13,21H,14H2,1-3H3. The molecule has 0 fully saturated rings. The van der Waals surface area contributed by atoms with E-state index in [-0.39, 0.29) is 11.7 Å². The first-order valence-electron chi connectivity index (χ1n) is 10.7. The number of nitro benzene ring substituents is 1. The van der Waals surface area contributed by atoms with Crippen molar-refractivity contribution < 1.29 is 19.1 Å². The van der Waals surface area contributed by atoms with Crippen LogP contribution in [0.4, 0.5) is 5.69 Å². The van der Waals surface area contributed by atoms with Crippen molar-refractivity contribution in [1.29, 1.82) is 0 Å². The third kappa shape index (κ3) is 3.56. The van der Waals surface area contributed by atoms with Gasteiger partial charge in [0, 0.05) is 46.6 Å². The summed E-state index contributed by atoms with van der Waals surface area (Å²) in [5, 5.41) is 18.1. The van der Waals surface area contributed by atoms with Crippen LogP contribution in [0.2, 0.25) is 0 Å². The zero-order valence-corrected chi connectivity index (χ0v) is 20.4. The van der Waals surface area contributed by atoms with E-state index in [2.05, 4.69) is 22.0 Å². The molecule has 34 heavy (non-hydrogen) atoms. The van der Waals surface area contributed by atoms with Crippen molar-refractivity contribution in [2.45, 2.75) is 25.1 Å². The fraction of sp³-hybridized carbons (Fsp3) is 0.240. The molecule has 2 aliphatic heterocycles. The lowest BCUT2D eigenvalue weighted by Gasteiger charge is -2.46. The number of hydrazone groups is 1. The van der Waals surface area contributed by atoms with Gasteiger partial charge in [-0.2, -0.15) is 5.10 Å². The smallest absolute Gasteiger partial charge is 0.269 e. The molecule has 2 atom stereocenters. The van der Waals surface area contributed by atoms with Crippen LogP contribution in [-0.2, 0) is 5.72 Å². The normalized spacial score (nSPS) is 20.6. The van der Waals surface area contributed by atoms with Gasteiger partial charge in [0.15, 0.2) is 11.5 Å². The highest BCUT2D eigenvalue weighted by Gasteiger charge is 2.49. The molecule has 2 unspecified atom stereocenters. The number of nitrogens with zero attached hydrogens (tertiary/aromatic N) is 3. The Hall–Kier alpha value is -3.59. The number of hydrogen-bond acceptors (Lipinski definition) is 7. The lowest BCUT2D eigenvalue weighted by molar-refractivity contribution is -0.384. The van der Waals surface area contributed by atoms with Gasteiger partial charge in [0.05, 0.1) is 30.9 Å². The molecule has 0 bridgehead atoms. The Kier molecular flexibility index (Phi) is 5.44. The van der Waals surface area contributed by atoms with Crippen LogP contribution in [0.3, 0.4) is 0 Å². The number of benzene rings is 3. The molecule has 0 amide bonds. The molecule has 3 aromatic rings. The van der Waals surface area contributed by atoms with Gasteiger partial charge in [-0.3, -0.25) is 10.1 Å². The van der Waals surface area contributed by atoms with Crippen LogP contribution >= 0.6 is 15.9 Å². The Morgan fingerprint density at radius 3 is 2.50 bits per heavy atom. The van der Waals surface area contributed by atoms with E-state index in [1.165, 1.54) is 12.1 Å². The van der Waals surface area contributed by atoms with Crippen LogP contribution in [0.5, 0.6) is 17.2 Å². The number of halogens is 1. The molecule has 0 aliphatic carbocycles. The summed E-state index contributed by atoms with van der Waals surface area (Å²) in [6, 6.07) is 18.0. The van der Waals surface area contributed by atoms with Crippen molar-refractivity contribution in [1.82, 2.24) is 5.01 Å². The summed E-state index contributed by atoms with van der Waals surface area (Å²) in [4.78, 5) is 10.8. The second-order valence-corrected chi connectivity index (χ2v) is 9.17. The lowest BCUT2D eigenvalue weighted by Crippen LogP contribution is -2.48. The Labute approximate surface area is 205 Å². The van der Waals surface area contributed by atoms with Gasteiger partial charge in [-0.1, -0.05) is 15.9 Å². The highest BCUT2D eigenvalue weighted by atomic mass is 79.9. The summed E-state index contributed by atoms with van der Waals surface area (Å²) in [5.74, 6) is 2.04. The van der Waals surface area contributed by atoms with Crippen molar-refractivity contribution >= 4 is 27.3 Å². The van der Waals surface area contributed by atoms with E-state index < -0.39 is 10.6 Å². The molecule has 0 N–H and O–H groups in total. The van der Waals surface area contributed by atoms with E-state index in [0.717, 1.165) is 32.6 Å². The van der Waals surface area contributed by atoms with Crippen molar-refractivity contribution in [3.8, 4) is 17.2 Å². The maximum Gasteiger partial charge on any atom is 0.269 e. The van der Waals surface area contributed by atoms with E-state index in [1.54, 1.807) is 26.4 Å². The van der Waals surface area contributed by atoms with Crippen LogP contribution in [-0.4, -0.2) is 29.9 Å². The Morgan fingerprint density at radius 1 is 1.09 bits per heavy atom. The largest absolute Gasteiger partial charge is 0.493 e. The highest BCUT2D eigenvalue weighted by molar-refractivity contribution is 9.10. The number of ether oxygens (including phenoxy) is 3. The molecule has 9 heteroatoms. The molecule has 174 valence electrons. The first-order chi connectivity index (χ1) is 16.3. The molecular weight excluding hydrogens is 502 g/mol. The van der Waals surface area contributed by atoms with E-state index in [4.69, 9.17) is 19.3 Å². The summed E-state index contributed by atoms with van der Waals surface area (Å²) in [6.45, 7) is 1.94. The third-order valence-electron chi connectivity index (χ3n) is 6.32. The van der Waals surface area contributed by atoms with Crippen LogP contribution in [0.15, 0.2) is 70.2 Å². The summed E-state index contributed by atoms with van der Waals surface area (Å²) < 4.78 is 18.3. The number of fused-ring (bicyclic) bond motifs is 3. The van der Waals surface area contributed by atoms with Crippen LogP contribution < -0.4 is 14.2 Å². The first kappa shape index (κ1) is 22.2. The molecule has 0 spiro atoms. The summed E-state index contributed by atoms with van der Waals surface area (Å²) in [6.07, 6.45) is 0.658. The number of non-ortho nitro benzene ring substituents is 1. The third-order valence-corrected chi connectivity index (χ3v) is 6.81. The van der Waals surface area contributed by atoms with Crippen LogP contribution in [0, 0.1) is 10.1 Å². The summed E-state index contributed by atoms with van der Waals surface area (Å²) in [7, 11) is 3.21. The molecule has 0 saturated carbocycles. The monoisotopic (exact) mass is 523 g/mol. The molecule has 0 radical (unpaired) electrons. The van der Waals surface area contributed by atoms with Crippen molar-refractivity contribution in [3.63, 3.8) is 0 Å². The van der Waals surface area contributed by atoms with Gasteiger partial charge < -0.3 is 14.2 Å². The van der Waals surface area contributed by atoms with Gasteiger partial charge in [-0.25, -0.2) is 5.01 Å². The topological polar surface area (TPSA) is 86.4 Å². The van der Waals surface area contributed by atoms with Gasteiger partial charge in [-0.05, 0) is 48.5 Å². The Bertz CT molecular complexity index is 1310. The SMILES string of the molecule is COc1ccc(C2=NN3C(C2)c2cc(Br)ccc2OC3(C)c2ccc([N+](=O)[O-])cc2)cc1OC. The van der Waals surface area contributed by atoms with E-state index in [0.29, 0.717) is 17.9 Å². The van der Waals surface area contributed by atoms with Crippen molar-refractivity contribution in [2.24, 2.45) is 5.10 Å². The second kappa shape index (κ2) is 8.32. The fourth-order valence-corrected chi connectivity index (χ4v) is 4.93. The maximum absolute atomic E-state index is 11.2. The van der Waals surface area contributed by atoms with Crippen LogP contribution in [0.1, 0.15) is 36.1 Å². The lowest BCUT2D eigenvalue weighted by atomic mass is 9.92. The zero-order valence-electron chi connectivity index (χ0n) is 18.8. The summed E-state index contributed by atoms with van der Waals surface area (Å²) >= 11 is 3.57. The zero-order chi connectivity index (χ0) is 24.0. The van der Waals surface area contributed by atoms with Gasteiger partial charge in [0.2, 0.25) is 5.72 Å². The molecule has 2 aliphatic rings. The highest BCUT2D eigenvalue weighted by Crippen LogP contribution is 2.51. The van der Waals surface area contributed by atoms with Crippen LogP contribution in [0.25, 0.3) is 0 Å². The predicted octanol–water partition coefficient (Wildman–Crippen LogP) is 5.79. The maximum atomic E-state index is 11.2. The molecule has 8 nitrogen and oxygen atoms in total. The average Bonchev–Trinajstić information content (AvgIpc) is 3.31. The molecule has 0 aromatic heterocycles. The Morgan fingerprint density at radius 2 is 1.82 bits per heavy atom. The molecule has 5 rings (SSSR count). The minimum atomic E-state index is -0.959.